The molecule has 4 atom stereocenters. The van der Waals surface area contributed by atoms with Gasteiger partial charge in [0.25, 0.3) is 0 Å². The summed E-state index contributed by atoms with van der Waals surface area (Å²) < 4.78 is 11.5. The number of amides is 1. The highest BCUT2D eigenvalue weighted by atomic mass is 32.2. The van der Waals surface area contributed by atoms with E-state index in [1.165, 1.54) is 5.56 Å². The van der Waals surface area contributed by atoms with Gasteiger partial charge >= 0.3 is 0 Å². The lowest BCUT2D eigenvalue weighted by atomic mass is 10.1. The average Bonchev–Trinajstić information content (AvgIpc) is 2.72. The van der Waals surface area contributed by atoms with Gasteiger partial charge in [0.1, 0.15) is 6.17 Å². The predicted molar refractivity (Wildman–Crippen MR) is 86.4 cm³/mol. The van der Waals surface area contributed by atoms with Crippen LogP contribution in [0.3, 0.4) is 0 Å². The van der Waals surface area contributed by atoms with Crippen LogP contribution in [-0.4, -0.2) is 39.1 Å². The third-order valence-electron chi connectivity index (χ3n) is 4.20. The van der Waals surface area contributed by atoms with Crippen LogP contribution in [0.5, 0.6) is 0 Å². The normalized spacial score (nSPS) is 25.1. The molecule has 0 aromatic heterocycles. The zero-order valence-electron chi connectivity index (χ0n) is 13.1. The number of rotatable bonds is 5. The molecule has 1 aromatic rings. The molecule has 1 N–H and O–H groups in total. The summed E-state index contributed by atoms with van der Waals surface area (Å²) in [5, 5.41) is 3.47. The monoisotopic (exact) mass is 308 g/mol. The Kier molecular flexibility index (Phi) is 5.17. The zero-order valence-corrected chi connectivity index (χ0v) is 13.9. The van der Waals surface area contributed by atoms with E-state index in [0.717, 1.165) is 12.0 Å². The maximum absolute atomic E-state index is 12.4. The van der Waals surface area contributed by atoms with Gasteiger partial charge in [-0.1, -0.05) is 31.2 Å². The zero-order chi connectivity index (χ0) is 15.6. The Balaban J connectivity index is 2.18. The highest BCUT2D eigenvalue weighted by Crippen LogP contribution is 2.28. The third kappa shape index (κ3) is 3.52. The Labute approximate surface area is 129 Å². The maximum atomic E-state index is 12.4. The molecule has 116 valence electrons. The molecule has 4 unspecified atom stereocenters. The number of carbonyl (C=O) groups excluding carboxylic acids is 1. The van der Waals surface area contributed by atoms with Gasteiger partial charge in [-0.05, 0) is 31.4 Å². The first kappa shape index (κ1) is 16.2. The van der Waals surface area contributed by atoms with E-state index in [-0.39, 0.29) is 23.4 Å². The van der Waals surface area contributed by atoms with Crippen LogP contribution in [0.15, 0.2) is 24.3 Å². The van der Waals surface area contributed by atoms with Crippen molar-refractivity contribution in [3.8, 4) is 0 Å². The second-order valence-electron chi connectivity index (χ2n) is 5.78. The van der Waals surface area contributed by atoms with Crippen LogP contribution < -0.4 is 5.32 Å². The molecule has 2 rings (SSSR count). The minimum atomic E-state index is -0.849. The standard InChI is InChI=1S/C16H24N2O2S/c1-11-7-5-6-8-14(11)15-17-13(3)16(19)18(15)10-9-12(2)21(4)20/h5-8,12-13,15,17H,9-10H2,1-4H3. The molecular formula is C16H24N2O2S. The summed E-state index contributed by atoms with van der Waals surface area (Å²) in [6, 6.07) is 7.96. The number of hydrogen-bond acceptors (Lipinski definition) is 3. The molecule has 1 amide bonds. The number of nitrogens with zero attached hydrogens (tertiary/aromatic N) is 1. The van der Waals surface area contributed by atoms with Crippen LogP contribution >= 0.6 is 0 Å². The van der Waals surface area contributed by atoms with Crippen LogP contribution in [0.4, 0.5) is 0 Å². The highest BCUT2D eigenvalue weighted by molar-refractivity contribution is 7.84. The van der Waals surface area contributed by atoms with Gasteiger partial charge < -0.3 is 4.90 Å². The van der Waals surface area contributed by atoms with Crippen molar-refractivity contribution >= 4 is 16.7 Å². The molecule has 1 aliphatic heterocycles. The van der Waals surface area contributed by atoms with Gasteiger partial charge in [-0.3, -0.25) is 14.3 Å². The summed E-state index contributed by atoms with van der Waals surface area (Å²) in [6.07, 6.45) is 2.40. The summed E-state index contributed by atoms with van der Waals surface area (Å²) in [6.45, 7) is 6.56. The van der Waals surface area contributed by atoms with Gasteiger partial charge in [-0.15, -0.1) is 0 Å². The molecule has 1 fully saturated rings. The quantitative estimate of drug-likeness (QED) is 0.905. The molecule has 0 spiro atoms. The van der Waals surface area contributed by atoms with Crippen molar-refractivity contribution in [2.45, 2.75) is 44.6 Å². The van der Waals surface area contributed by atoms with E-state index in [2.05, 4.69) is 24.4 Å². The van der Waals surface area contributed by atoms with Gasteiger partial charge in [0.15, 0.2) is 0 Å². The number of nitrogens with one attached hydrogen (secondary N) is 1. The van der Waals surface area contributed by atoms with Crippen molar-refractivity contribution in [2.24, 2.45) is 0 Å². The summed E-state index contributed by atoms with van der Waals surface area (Å²) in [5.74, 6) is 0.123. The van der Waals surface area contributed by atoms with Crippen molar-refractivity contribution < 1.29 is 9.00 Å². The SMILES string of the molecule is Cc1ccccc1C1NC(C)C(=O)N1CCC(C)S(C)=O. The number of carbonyl (C=O) groups is 1. The molecule has 5 heteroatoms. The lowest BCUT2D eigenvalue weighted by Crippen LogP contribution is -2.33. The molecule has 1 saturated heterocycles. The second-order valence-corrected chi connectivity index (χ2v) is 7.58. The first-order valence-corrected chi connectivity index (χ1v) is 8.98. The molecule has 1 aliphatic rings. The Morgan fingerprint density at radius 3 is 2.67 bits per heavy atom. The van der Waals surface area contributed by atoms with Gasteiger partial charge in [0.05, 0.1) is 6.04 Å². The van der Waals surface area contributed by atoms with Crippen molar-refractivity contribution in [1.29, 1.82) is 0 Å². The smallest absolute Gasteiger partial charge is 0.241 e. The number of aryl methyl sites for hydroxylation is 1. The maximum Gasteiger partial charge on any atom is 0.241 e. The molecule has 0 aliphatic carbocycles. The van der Waals surface area contributed by atoms with Crippen LogP contribution in [0.25, 0.3) is 0 Å². The first-order valence-electron chi connectivity index (χ1n) is 7.36. The van der Waals surface area contributed by atoms with Gasteiger partial charge in [0, 0.05) is 28.9 Å². The minimum Gasteiger partial charge on any atom is -0.322 e. The van der Waals surface area contributed by atoms with E-state index < -0.39 is 10.8 Å². The fraction of sp³-hybridized carbons (Fsp3) is 0.562. The third-order valence-corrected chi connectivity index (χ3v) is 5.57. The molecule has 0 radical (unpaired) electrons. The van der Waals surface area contributed by atoms with Crippen molar-refractivity contribution in [3.63, 3.8) is 0 Å². The van der Waals surface area contributed by atoms with Crippen molar-refractivity contribution in [2.75, 3.05) is 12.8 Å². The largest absolute Gasteiger partial charge is 0.322 e. The van der Waals surface area contributed by atoms with E-state index in [1.54, 1.807) is 6.26 Å². The summed E-state index contributed by atoms with van der Waals surface area (Å²) in [5.41, 5.74) is 2.31. The average molecular weight is 308 g/mol. The predicted octanol–water partition coefficient (Wildman–Crippen LogP) is 1.97. The summed E-state index contributed by atoms with van der Waals surface area (Å²) in [4.78, 5) is 14.3. The molecule has 0 bridgehead atoms. The Morgan fingerprint density at radius 1 is 1.38 bits per heavy atom. The topological polar surface area (TPSA) is 49.4 Å². The van der Waals surface area contributed by atoms with Crippen LogP contribution in [-0.2, 0) is 15.6 Å². The summed E-state index contributed by atoms with van der Waals surface area (Å²) >= 11 is 0. The number of hydrogen-bond donors (Lipinski definition) is 1. The van der Waals surface area contributed by atoms with Gasteiger partial charge in [0.2, 0.25) is 5.91 Å². The molecule has 21 heavy (non-hydrogen) atoms. The molecule has 1 aromatic carbocycles. The van der Waals surface area contributed by atoms with E-state index in [1.807, 2.05) is 30.9 Å². The highest BCUT2D eigenvalue weighted by Gasteiger charge is 2.37. The van der Waals surface area contributed by atoms with E-state index in [4.69, 9.17) is 0 Å². The van der Waals surface area contributed by atoms with E-state index in [0.29, 0.717) is 6.54 Å². The Morgan fingerprint density at radius 2 is 2.05 bits per heavy atom. The molecule has 0 saturated carbocycles. The molecule has 1 heterocycles. The van der Waals surface area contributed by atoms with Gasteiger partial charge in [-0.25, -0.2) is 0 Å². The van der Waals surface area contributed by atoms with Crippen LogP contribution in [0, 0.1) is 6.92 Å². The molecule has 4 nitrogen and oxygen atoms in total. The Bertz CT molecular complexity index is 547. The van der Waals surface area contributed by atoms with Crippen LogP contribution in [0.2, 0.25) is 0 Å². The lowest BCUT2D eigenvalue weighted by molar-refractivity contribution is -0.129. The second kappa shape index (κ2) is 6.71. The number of benzene rings is 1. The van der Waals surface area contributed by atoms with Crippen LogP contribution in [0.1, 0.15) is 37.6 Å². The minimum absolute atomic E-state index is 0.0776. The van der Waals surface area contributed by atoms with E-state index in [9.17, 15) is 9.00 Å². The van der Waals surface area contributed by atoms with Crippen molar-refractivity contribution in [3.05, 3.63) is 35.4 Å². The first-order chi connectivity index (χ1) is 9.91. The fourth-order valence-corrected chi connectivity index (χ4v) is 3.09. The Hall–Kier alpha value is -1.20. The molecular weight excluding hydrogens is 284 g/mol. The summed E-state index contributed by atoms with van der Waals surface area (Å²) in [7, 11) is -0.849. The fourth-order valence-electron chi connectivity index (χ4n) is 2.65. The lowest BCUT2D eigenvalue weighted by Gasteiger charge is -2.26. The van der Waals surface area contributed by atoms with Crippen molar-refractivity contribution in [1.82, 2.24) is 10.2 Å². The van der Waals surface area contributed by atoms with Gasteiger partial charge in [-0.2, -0.15) is 0 Å². The van der Waals surface area contributed by atoms with E-state index >= 15 is 0 Å².